The Bertz CT molecular complexity index is 312. The number of hydrogen-bond acceptors (Lipinski definition) is 2. The largest absolute Gasteiger partial charge is 0.376 e. The van der Waals surface area contributed by atoms with E-state index in [2.05, 4.69) is 21.1 Å². The number of quaternary nitrogens is 1. The van der Waals surface area contributed by atoms with E-state index >= 15 is 0 Å². The molecule has 0 fully saturated rings. The Labute approximate surface area is 143 Å². The molecule has 2 N–H and O–H groups in total. The highest BCUT2D eigenvalue weighted by molar-refractivity contribution is 7.51. The highest BCUT2D eigenvalue weighted by Crippen LogP contribution is 2.35. The lowest BCUT2D eigenvalue weighted by Gasteiger charge is -2.23. The summed E-state index contributed by atoms with van der Waals surface area (Å²) in [5, 5.41) is 0. The Morgan fingerprint density at radius 2 is 1.17 bits per heavy atom. The number of nitrogens with zero attached hydrogens (tertiary/aromatic N) is 1. The van der Waals surface area contributed by atoms with E-state index in [0.717, 1.165) is 37.1 Å². The van der Waals surface area contributed by atoms with Gasteiger partial charge in [-0.25, -0.2) is 0 Å². The number of likely N-dealkylation sites (N-methyl/N-ethyl adjacent to an activating group) is 1. The van der Waals surface area contributed by atoms with Gasteiger partial charge < -0.3 is 19.0 Å². The Balaban J connectivity index is 3.10. The molecule has 23 heavy (non-hydrogen) atoms. The number of hydrogen-bond donors (Lipinski definition) is 2. The Morgan fingerprint density at radius 1 is 0.739 bits per heavy atom. The minimum atomic E-state index is -3.77. The van der Waals surface area contributed by atoms with Crippen molar-refractivity contribution in [1.82, 2.24) is 0 Å². The Kier molecular flexibility index (Phi) is 13.4. The second-order valence-corrected chi connectivity index (χ2v) is 9.33. The van der Waals surface area contributed by atoms with Crippen molar-refractivity contribution in [3.8, 4) is 0 Å². The molecular weight excluding hydrogens is 313 g/mol. The summed E-state index contributed by atoms with van der Waals surface area (Å²) in [5.74, 6) is 0. The SMILES string of the molecule is C[N+](C)(C)CCOCCCCCCCCCCCCP(=O)(O)O. The molecule has 0 radical (unpaired) electrons. The lowest BCUT2D eigenvalue weighted by atomic mass is 10.1. The zero-order valence-electron chi connectivity index (χ0n) is 15.5. The van der Waals surface area contributed by atoms with Gasteiger partial charge in [-0.2, -0.15) is 0 Å². The van der Waals surface area contributed by atoms with E-state index in [4.69, 9.17) is 14.5 Å². The van der Waals surface area contributed by atoms with Crippen LogP contribution in [0.2, 0.25) is 0 Å². The molecule has 0 amide bonds. The van der Waals surface area contributed by atoms with Gasteiger partial charge in [-0.15, -0.1) is 0 Å². The van der Waals surface area contributed by atoms with Gasteiger partial charge in [0.15, 0.2) is 0 Å². The van der Waals surface area contributed by atoms with Gasteiger partial charge in [0, 0.05) is 12.8 Å². The van der Waals surface area contributed by atoms with E-state index in [1.165, 1.54) is 44.9 Å². The maximum Gasteiger partial charge on any atom is 0.325 e. The fourth-order valence-electron chi connectivity index (χ4n) is 2.38. The number of rotatable bonds is 16. The minimum Gasteiger partial charge on any atom is -0.376 e. The molecule has 0 bridgehead atoms. The first-order chi connectivity index (χ1) is 10.7. The highest BCUT2D eigenvalue weighted by atomic mass is 31.2. The zero-order chi connectivity index (χ0) is 17.6. The predicted octanol–water partition coefficient (Wildman–Crippen LogP) is 3.79. The second kappa shape index (κ2) is 13.4. The molecule has 0 aromatic rings. The minimum absolute atomic E-state index is 0.0455. The first kappa shape index (κ1) is 23.1. The van der Waals surface area contributed by atoms with E-state index in [1.54, 1.807) is 0 Å². The molecule has 140 valence electrons. The third-order valence-electron chi connectivity index (χ3n) is 3.89. The molecule has 0 saturated heterocycles. The van der Waals surface area contributed by atoms with Crippen LogP contribution in [0.4, 0.5) is 0 Å². The lowest BCUT2D eigenvalue weighted by Crippen LogP contribution is -2.37. The van der Waals surface area contributed by atoms with Crippen molar-refractivity contribution in [2.45, 2.75) is 64.2 Å². The van der Waals surface area contributed by atoms with Gasteiger partial charge in [0.1, 0.15) is 6.54 Å². The first-order valence-corrected chi connectivity index (χ1v) is 10.9. The molecule has 0 aliphatic rings. The van der Waals surface area contributed by atoms with Gasteiger partial charge in [0.2, 0.25) is 0 Å². The van der Waals surface area contributed by atoms with Crippen LogP contribution in [0.5, 0.6) is 0 Å². The van der Waals surface area contributed by atoms with Crippen molar-refractivity contribution in [2.24, 2.45) is 0 Å². The third kappa shape index (κ3) is 22.1. The van der Waals surface area contributed by atoms with Crippen LogP contribution in [0.3, 0.4) is 0 Å². The molecule has 0 heterocycles. The van der Waals surface area contributed by atoms with Crippen LogP contribution in [0, 0.1) is 0 Å². The molecule has 0 aromatic carbocycles. The molecule has 0 atom stereocenters. The second-order valence-electron chi connectivity index (χ2n) is 7.55. The number of ether oxygens (including phenoxy) is 1. The average Bonchev–Trinajstić information content (AvgIpc) is 2.40. The third-order valence-corrected chi connectivity index (χ3v) is 4.79. The van der Waals surface area contributed by atoms with Crippen molar-refractivity contribution >= 4 is 7.60 Å². The van der Waals surface area contributed by atoms with Gasteiger partial charge in [-0.1, -0.05) is 51.4 Å². The maximum absolute atomic E-state index is 10.7. The van der Waals surface area contributed by atoms with E-state index in [-0.39, 0.29) is 6.16 Å². The molecule has 0 rings (SSSR count). The van der Waals surface area contributed by atoms with E-state index < -0.39 is 7.60 Å². The molecule has 0 saturated carbocycles. The van der Waals surface area contributed by atoms with Crippen LogP contribution >= 0.6 is 7.60 Å². The highest BCUT2D eigenvalue weighted by Gasteiger charge is 2.10. The molecule has 5 nitrogen and oxygen atoms in total. The van der Waals surface area contributed by atoms with Crippen molar-refractivity contribution in [3.05, 3.63) is 0 Å². The summed E-state index contributed by atoms with van der Waals surface area (Å²) >= 11 is 0. The predicted molar refractivity (Wildman–Crippen MR) is 96.8 cm³/mol. The summed E-state index contributed by atoms with van der Waals surface area (Å²) in [7, 11) is 2.77. The molecule has 0 aliphatic carbocycles. The molecule has 0 aliphatic heterocycles. The lowest BCUT2D eigenvalue weighted by molar-refractivity contribution is -0.870. The fraction of sp³-hybridized carbons (Fsp3) is 1.00. The molecule has 0 aromatic heterocycles. The number of unbranched alkanes of at least 4 members (excludes halogenated alkanes) is 9. The molecule has 0 unspecified atom stereocenters. The van der Waals surface area contributed by atoms with Crippen LogP contribution in [-0.2, 0) is 9.30 Å². The quantitative estimate of drug-likeness (QED) is 0.252. The van der Waals surface area contributed by atoms with Crippen LogP contribution in [-0.4, -0.2) is 61.3 Å². The summed E-state index contributed by atoms with van der Waals surface area (Å²) in [6.07, 6.45) is 11.5. The maximum atomic E-state index is 10.7. The summed E-state index contributed by atoms with van der Waals surface area (Å²) in [6, 6.07) is 0. The van der Waals surface area contributed by atoms with Crippen LogP contribution in [0.25, 0.3) is 0 Å². The monoisotopic (exact) mass is 352 g/mol. The molecular formula is C17H39NO4P+. The van der Waals surface area contributed by atoms with Crippen LogP contribution in [0.1, 0.15) is 64.2 Å². The van der Waals surface area contributed by atoms with E-state index in [9.17, 15) is 4.57 Å². The average molecular weight is 352 g/mol. The fourth-order valence-corrected chi connectivity index (χ4v) is 3.01. The van der Waals surface area contributed by atoms with Crippen molar-refractivity contribution in [1.29, 1.82) is 0 Å². The van der Waals surface area contributed by atoms with Crippen molar-refractivity contribution < 1.29 is 23.6 Å². The Morgan fingerprint density at radius 3 is 1.61 bits per heavy atom. The topological polar surface area (TPSA) is 66.8 Å². The normalized spacial score (nSPS) is 12.7. The zero-order valence-corrected chi connectivity index (χ0v) is 16.4. The van der Waals surface area contributed by atoms with Crippen molar-refractivity contribution in [2.75, 3.05) is 47.1 Å². The summed E-state index contributed by atoms with van der Waals surface area (Å²) in [6.45, 7) is 2.80. The van der Waals surface area contributed by atoms with Crippen LogP contribution in [0.15, 0.2) is 0 Å². The molecule has 0 spiro atoms. The van der Waals surface area contributed by atoms with Gasteiger partial charge >= 0.3 is 7.60 Å². The van der Waals surface area contributed by atoms with Gasteiger partial charge in [-0.3, -0.25) is 4.57 Å². The van der Waals surface area contributed by atoms with E-state index in [0.29, 0.717) is 6.42 Å². The molecule has 6 heteroatoms. The Hall–Kier alpha value is 0.0700. The van der Waals surface area contributed by atoms with E-state index in [1.807, 2.05) is 0 Å². The summed E-state index contributed by atoms with van der Waals surface area (Å²) < 4.78 is 17.3. The van der Waals surface area contributed by atoms with Crippen molar-refractivity contribution in [3.63, 3.8) is 0 Å². The summed E-state index contributed by atoms with van der Waals surface area (Å²) in [4.78, 5) is 17.5. The smallest absolute Gasteiger partial charge is 0.325 e. The first-order valence-electron chi connectivity index (χ1n) is 9.13. The van der Waals surface area contributed by atoms with Gasteiger partial charge in [0.25, 0.3) is 0 Å². The summed E-state index contributed by atoms with van der Waals surface area (Å²) in [5.41, 5.74) is 0. The van der Waals surface area contributed by atoms with Crippen LogP contribution < -0.4 is 0 Å². The standard InChI is InChI=1S/C17H38NO4P/c1-18(2,3)14-16-22-15-12-10-8-6-4-5-7-9-11-13-17-23(19,20)21/h4-17H2,1-3H3,(H-,19,20,21)/p+1. The van der Waals surface area contributed by atoms with Gasteiger partial charge in [0.05, 0.1) is 27.7 Å². The van der Waals surface area contributed by atoms with Gasteiger partial charge in [-0.05, 0) is 12.8 Å².